The molecule has 2 heterocycles. The van der Waals surface area contributed by atoms with E-state index in [4.69, 9.17) is 4.52 Å². The van der Waals surface area contributed by atoms with Crippen LogP contribution < -0.4 is 0 Å². The minimum atomic E-state index is -4.71. The van der Waals surface area contributed by atoms with E-state index in [1.54, 1.807) is 13.0 Å². The highest BCUT2D eigenvalue weighted by Crippen LogP contribution is 2.30. The number of benzene rings is 1. The summed E-state index contributed by atoms with van der Waals surface area (Å²) in [7, 11) is 0. The lowest BCUT2D eigenvalue weighted by Crippen LogP contribution is -2.05. The number of nitrogens with zero attached hydrogens (tertiary/aromatic N) is 3. The fourth-order valence-corrected chi connectivity index (χ4v) is 2.31. The van der Waals surface area contributed by atoms with Gasteiger partial charge in [0.2, 0.25) is 17.4 Å². The molecular weight excluding hydrogens is 339 g/mol. The second-order valence-corrected chi connectivity index (χ2v) is 5.31. The van der Waals surface area contributed by atoms with Crippen LogP contribution in [0.2, 0.25) is 0 Å². The first-order valence-electron chi connectivity index (χ1n) is 7.31. The Morgan fingerprint density at radius 1 is 1.16 bits per heavy atom. The molecule has 0 aliphatic rings. The SMILES string of the molecule is CCc1cc(-c2noc(C(F)(F)F)n2)ccc1C(=O)c1cc(C)no1. The third kappa shape index (κ3) is 3.30. The lowest BCUT2D eigenvalue weighted by atomic mass is 9.97. The molecule has 0 bridgehead atoms. The van der Waals surface area contributed by atoms with Gasteiger partial charge in [-0.2, -0.15) is 18.2 Å². The average molecular weight is 351 g/mol. The molecule has 6 nitrogen and oxygen atoms in total. The van der Waals surface area contributed by atoms with Crippen LogP contribution in [0.4, 0.5) is 13.2 Å². The minimum Gasteiger partial charge on any atom is -0.352 e. The number of alkyl halides is 3. The van der Waals surface area contributed by atoms with Crippen molar-refractivity contribution in [1.82, 2.24) is 15.3 Å². The van der Waals surface area contributed by atoms with Crippen LogP contribution in [-0.4, -0.2) is 21.1 Å². The number of carbonyl (C=O) groups excluding carboxylic acids is 1. The summed E-state index contributed by atoms with van der Waals surface area (Å²) >= 11 is 0. The first-order valence-corrected chi connectivity index (χ1v) is 7.31. The number of rotatable bonds is 4. The molecule has 0 amide bonds. The van der Waals surface area contributed by atoms with Crippen LogP contribution in [0.5, 0.6) is 0 Å². The molecular formula is C16H12F3N3O3. The van der Waals surface area contributed by atoms with Gasteiger partial charge in [-0.1, -0.05) is 23.3 Å². The second-order valence-electron chi connectivity index (χ2n) is 5.31. The van der Waals surface area contributed by atoms with Crippen molar-refractivity contribution in [2.75, 3.05) is 0 Å². The molecule has 0 radical (unpaired) electrons. The van der Waals surface area contributed by atoms with Gasteiger partial charge >= 0.3 is 12.1 Å². The Morgan fingerprint density at radius 2 is 1.92 bits per heavy atom. The number of halogens is 3. The van der Waals surface area contributed by atoms with Gasteiger partial charge in [0, 0.05) is 17.2 Å². The van der Waals surface area contributed by atoms with Crippen molar-refractivity contribution < 1.29 is 27.0 Å². The standard InChI is InChI=1S/C16H12F3N3O3/c1-3-9-7-10(14-20-15(25-22-14)16(17,18)19)4-5-11(9)13(23)12-6-8(2)21-24-12/h4-7H,3H2,1-2H3. The number of aryl methyl sites for hydroxylation is 2. The van der Waals surface area contributed by atoms with E-state index in [1.807, 2.05) is 6.92 Å². The molecule has 25 heavy (non-hydrogen) atoms. The molecule has 3 rings (SSSR count). The zero-order valence-electron chi connectivity index (χ0n) is 13.2. The fraction of sp³-hybridized carbons (Fsp3) is 0.250. The highest BCUT2D eigenvalue weighted by Gasteiger charge is 2.38. The molecule has 130 valence electrons. The Labute approximate surface area is 139 Å². The number of ketones is 1. The second kappa shape index (κ2) is 6.15. The third-order valence-electron chi connectivity index (χ3n) is 3.51. The molecule has 0 aliphatic heterocycles. The van der Waals surface area contributed by atoms with Gasteiger partial charge in [-0.05, 0) is 31.0 Å². The summed E-state index contributed by atoms with van der Waals surface area (Å²) in [6.07, 6.45) is -4.23. The molecule has 0 saturated heterocycles. The molecule has 0 atom stereocenters. The van der Waals surface area contributed by atoms with E-state index in [1.165, 1.54) is 18.2 Å². The van der Waals surface area contributed by atoms with Gasteiger partial charge in [0.1, 0.15) is 0 Å². The largest absolute Gasteiger partial charge is 0.471 e. The van der Waals surface area contributed by atoms with Crippen LogP contribution in [-0.2, 0) is 12.6 Å². The van der Waals surface area contributed by atoms with Crippen LogP contribution in [0.15, 0.2) is 33.3 Å². The zero-order chi connectivity index (χ0) is 18.2. The fourth-order valence-electron chi connectivity index (χ4n) is 2.31. The van der Waals surface area contributed by atoms with Crippen molar-refractivity contribution in [1.29, 1.82) is 0 Å². The summed E-state index contributed by atoms with van der Waals surface area (Å²) in [4.78, 5) is 15.8. The number of carbonyl (C=O) groups is 1. The molecule has 0 N–H and O–H groups in total. The maximum absolute atomic E-state index is 12.6. The monoisotopic (exact) mass is 351 g/mol. The van der Waals surface area contributed by atoms with Crippen molar-refractivity contribution in [3.63, 3.8) is 0 Å². The van der Waals surface area contributed by atoms with E-state index in [0.717, 1.165) is 0 Å². The molecule has 0 spiro atoms. The van der Waals surface area contributed by atoms with Crippen molar-refractivity contribution in [2.24, 2.45) is 0 Å². The molecule has 9 heteroatoms. The quantitative estimate of drug-likeness (QED) is 0.664. The highest BCUT2D eigenvalue weighted by atomic mass is 19.4. The molecule has 1 aromatic carbocycles. The van der Waals surface area contributed by atoms with Crippen LogP contribution in [0.3, 0.4) is 0 Å². The van der Waals surface area contributed by atoms with Gasteiger partial charge in [-0.15, -0.1) is 0 Å². The van der Waals surface area contributed by atoms with Gasteiger partial charge in [-0.25, -0.2) is 0 Å². The number of hydrogen-bond donors (Lipinski definition) is 0. The van der Waals surface area contributed by atoms with Crippen LogP contribution >= 0.6 is 0 Å². The predicted molar refractivity (Wildman–Crippen MR) is 78.8 cm³/mol. The lowest BCUT2D eigenvalue weighted by Gasteiger charge is -2.06. The van der Waals surface area contributed by atoms with Crippen LogP contribution in [0.25, 0.3) is 11.4 Å². The Bertz CT molecular complexity index is 928. The summed E-state index contributed by atoms with van der Waals surface area (Å²) in [6.45, 7) is 3.51. The van der Waals surface area contributed by atoms with Crippen LogP contribution in [0.1, 0.15) is 40.2 Å². The number of aromatic nitrogens is 3. The van der Waals surface area contributed by atoms with Gasteiger partial charge in [-0.3, -0.25) is 4.79 Å². The third-order valence-corrected chi connectivity index (χ3v) is 3.51. The van der Waals surface area contributed by atoms with Crippen molar-refractivity contribution >= 4 is 5.78 Å². The summed E-state index contributed by atoms with van der Waals surface area (Å²) in [5, 5.41) is 7.02. The van der Waals surface area contributed by atoms with E-state index in [2.05, 4.69) is 19.8 Å². The van der Waals surface area contributed by atoms with Gasteiger partial charge in [0.25, 0.3) is 0 Å². The maximum atomic E-state index is 12.6. The van der Waals surface area contributed by atoms with E-state index >= 15 is 0 Å². The summed E-state index contributed by atoms with van der Waals surface area (Å²) in [5.41, 5.74) is 1.89. The zero-order valence-corrected chi connectivity index (χ0v) is 13.2. The minimum absolute atomic E-state index is 0.0962. The molecule has 0 saturated carbocycles. The first kappa shape index (κ1) is 16.9. The Balaban J connectivity index is 1.97. The molecule has 3 aromatic rings. The lowest BCUT2D eigenvalue weighted by molar-refractivity contribution is -0.159. The summed E-state index contributed by atoms with van der Waals surface area (Å²) in [6, 6.07) is 6.03. The average Bonchev–Trinajstić information content (AvgIpc) is 3.22. The van der Waals surface area contributed by atoms with E-state index in [-0.39, 0.29) is 17.4 Å². The molecule has 0 aliphatic carbocycles. The van der Waals surface area contributed by atoms with Crippen molar-refractivity contribution in [3.05, 3.63) is 52.7 Å². The smallest absolute Gasteiger partial charge is 0.352 e. The molecule has 2 aromatic heterocycles. The van der Waals surface area contributed by atoms with Gasteiger partial charge in [0.15, 0.2) is 0 Å². The molecule has 0 fully saturated rings. The van der Waals surface area contributed by atoms with Crippen molar-refractivity contribution in [2.45, 2.75) is 26.4 Å². The van der Waals surface area contributed by atoms with Crippen LogP contribution in [0, 0.1) is 6.92 Å². The predicted octanol–water partition coefficient (Wildman–Crippen LogP) is 3.85. The number of hydrogen-bond acceptors (Lipinski definition) is 6. The van der Waals surface area contributed by atoms with E-state index in [0.29, 0.717) is 28.8 Å². The Morgan fingerprint density at radius 3 is 2.48 bits per heavy atom. The van der Waals surface area contributed by atoms with Gasteiger partial charge < -0.3 is 9.05 Å². The van der Waals surface area contributed by atoms with Crippen molar-refractivity contribution in [3.8, 4) is 11.4 Å². The summed E-state index contributed by atoms with van der Waals surface area (Å²) < 4.78 is 46.9. The Hall–Kier alpha value is -2.97. The summed E-state index contributed by atoms with van der Waals surface area (Å²) in [5.74, 6) is -1.87. The van der Waals surface area contributed by atoms with Gasteiger partial charge in [0.05, 0.1) is 5.69 Å². The Kier molecular flexibility index (Phi) is 4.15. The normalized spacial score (nSPS) is 11.7. The maximum Gasteiger partial charge on any atom is 0.471 e. The highest BCUT2D eigenvalue weighted by molar-refractivity contribution is 6.08. The van der Waals surface area contributed by atoms with E-state index < -0.39 is 12.1 Å². The molecule has 0 unspecified atom stereocenters. The first-order chi connectivity index (χ1) is 11.8. The topological polar surface area (TPSA) is 82.0 Å². The van der Waals surface area contributed by atoms with E-state index in [9.17, 15) is 18.0 Å².